The molecule has 0 aromatic heterocycles. The van der Waals surface area contributed by atoms with Gasteiger partial charge in [-0.05, 0) is 51.4 Å². The van der Waals surface area contributed by atoms with Gasteiger partial charge < -0.3 is 20.3 Å². The second-order valence-corrected chi connectivity index (χ2v) is 18.2. The van der Waals surface area contributed by atoms with Gasteiger partial charge in [0, 0.05) is 12.8 Å². The summed E-state index contributed by atoms with van der Waals surface area (Å²) in [6.45, 7) is 4.84. The van der Waals surface area contributed by atoms with E-state index >= 15 is 0 Å². The first-order valence-corrected chi connectivity index (χ1v) is 26.8. The lowest BCUT2D eigenvalue weighted by Crippen LogP contribution is -2.45. The van der Waals surface area contributed by atoms with Crippen molar-refractivity contribution in [2.75, 3.05) is 13.2 Å². The van der Waals surface area contributed by atoms with Gasteiger partial charge >= 0.3 is 5.97 Å². The molecule has 0 saturated carbocycles. The maximum atomic E-state index is 12.4. The number of hydrogen-bond acceptors (Lipinski definition) is 5. The van der Waals surface area contributed by atoms with Gasteiger partial charge in [0.25, 0.3) is 0 Å². The van der Waals surface area contributed by atoms with Crippen molar-refractivity contribution >= 4 is 11.9 Å². The fourth-order valence-electron chi connectivity index (χ4n) is 8.04. The number of rotatable bonds is 49. The van der Waals surface area contributed by atoms with Crippen molar-refractivity contribution in [3.63, 3.8) is 0 Å². The Hall–Kier alpha value is -1.92. The number of aliphatic hydroxyl groups is 2. The van der Waals surface area contributed by atoms with Crippen molar-refractivity contribution in [3.8, 4) is 0 Å². The molecule has 0 bridgehead atoms. The van der Waals surface area contributed by atoms with E-state index in [4.69, 9.17) is 4.74 Å². The van der Waals surface area contributed by atoms with Crippen LogP contribution in [-0.2, 0) is 14.3 Å². The van der Waals surface area contributed by atoms with Crippen molar-refractivity contribution in [2.45, 2.75) is 289 Å². The topological polar surface area (TPSA) is 95.9 Å². The molecular weight excluding hydrogens is 755 g/mol. The van der Waals surface area contributed by atoms with Gasteiger partial charge in [0.2, 0.25) is 5.91 Å². The van der Waals surface area contributed by atoms with Crippen LogP contribution >= 0.6 is 0 Å². The third-order valence-corrected chi connectivity index (χ3v) is 12.2. The first kappa shape index (κ1) is 59.1. The van der Waals surface area contributed by atoms with Crippen LogP contribution in [0.1, 0.15) is 277 Å². The van der Waals surface area contributed by atoms with Crippen molar-refractivity contribution in [3.05, 3.63) is 36.5 Å². The molecule has 0 aromatic rings. The minimum Gasteiger partial charge on any atom is -0.466 e. The summed E-state index contributed by atoms with van der Waals surface area (Å²) in [4.78, 5) is 24.4. The Morgan fingerprint density at radius 2 is 0.836 bits per heavy atom. The second-order valence-electron chi connectivity index (χ2n) is 18.2. The third kappa shape index (κ3) is 47.4. The Balaban J connectivity index is 3.56. The number of esters is 1. The zero-order valence-corrected chi connectivity index (χ0v) is 40.6. The van der Waals surface area contributed by atoms with Gasteiger partial charge in [-0.25, -0.2) is 0 Å². The Labute approximate surface area is 379 Å². The highest BCUT2D eigenvalue weighted by Gasteiger charge is 2.17. The van der Waals surface area contributed by atoms with Crippen molar-refractivity contribution in [1.82, 2.24) is 5.32 Å². The molecule has 0 aliphatic heterocycles. The first-order chi connectivity index (χ1) is 30.0. The minimum absolute atomic E-state index is 0.0154. The van der Waals surface area contributed by atoms with Crippen LogP contribution in [0.5, 0.6) is 0 Å². The predicted molar refractivity (Wildman–Crippen MR) is 264 cm³/mol. The Kier molecular flexibility index (Phi) is 49.1. The maximum Gasteiger partial charge on any atom is 0.305 e. The predicted octanol–water partition coefficient (Wildman–Crippen LogP) is 16.1. The Bertz CT molecular complexity index is 993. The summed E-state index contributed by atoms with van der Waals surface area (Å²) in [6.07, 6.45) is 61.6. The van der Waals surface area contributed by atoms with Crippen LogP contribution in [0.3, 0.4) is 0 Å². The summed E-state index contributed by atoms with van der Waals surface area (Å²) < 4.78 is 5.46. The van der Waals surface area contributed by atoms with E-state index in [0.717, 1.165) is 51.4 Å². The van der Waals surface area contributed by atoms with E-state index in [1.807, 2.05) is 12.2 Å². The molecule has 3 N–H and O–H groups in total. The number of nitrogens with one attached hydrogen (secondary N) is 1. The Morgan fingerprint density at radius 3 is 1.28 bits per heavy atom. The van der Waals surface area contributed by atoms with Crippen molar-refractivity contribution in [1.29, 1.82) is 0 Å². The van der Waals surface area contributed by atoms with E-state index in [1.54, 1.807) is 6.08 Å². The van der Waals surface area contributed by atoms with Crippen molar-refractivity contribution < 1.29 is 24.5 Å². The number of amides is 1. The lowest BCUT2D eigenvalue weighted by molar-refractivity contribution is -0.143. The molecule has 0 rings (SSSR count). The van der Waals surface area contributed by atoms with Gasteiger partial charge in [-0.1, -0.05) is 249 Å². The van der Waals surface area contributed by atoms with E-state index in [-0.39, 0.29) is 18.5 Å². The molecule has 0 saturated heterocycles. The molecule has 0 aliphatic rings. The molecular formula is C55H103NO5. The summed E-state index contributed by atoms with van der Waals surface area (Å²) in [5.74, 6) is -0.164. The van der Waals surface area contributed by atoms with E-state index in [1.165, 1.54) is 193 Å². The van der Waals surface area contributed by atoms with Crippen LogP contribution in [-0.4, -0.2) is 47.4 Å². The van der Waals surface area contributed by atoms with E-state index in [9.17, 15) is 19.8 Å². The molecule has 0 spiro atoms. The lowest BCUT2D eigenvalue weighted by Gasteiger charge is -2.19. The molecule has 0 fully saturated rings. The quantitative estimate of drug-likeness (QED) is 0.0322. The van der Waals surface area contributed by atoms with E-state index in [2.05, 4.69) is 37.4 Å². The van der Waals surface area contributed by atoms with Gasteiger partial charge in [-0.3, -0.25) is 9.59 Å². The minimum atomic E-state index is -0.878. The highest BCUT2D eigenvalue weighted by molar-refractivity contribution is 5.76. The summed E-state index contributed by atoms with van der Waals surface area (Å²) in [6, 6.07) is -0.671. The van der Waals surface area contributed by atoms with Gasteiger partial charge in [-0.15, -0.1) is 0 Å². The van der Waals surface area contributed by atoms with Gasteiger partial charge in [0.15, 0.2) is 0 Å². The lowest BCUT2D eigenvalue weighted by atomic mass is 10.0. The molecule has 1 amide bonds. The standard InChI is InChI=1S/C55H103NO5/c1-3-5-7-9-11-13-15-17-19-21-25-29-33-37-41-45-49-55(60)61-50-46-42-38-34-30-26-22-24-28-32-36-40-44-48-54(59)56-52(51-57)53(58)47-43-39-35-31-27-23-20-18-16-14-12-10-8-6-4-2/h24,28,36,40,43,47,52-53,57-58H,3-23,25-27,29-35,37-39,41-42,44-46,48-51H2,1-2H3,(H,56,59)/b28-24-,40-36-,47-43+. The fraction of sp³-hybridized carbons (Fsp3) is 0.855. The van der Waals surface area contributed by atoms with Crippen LogP contribution in [0.25, 0.3) is 0 Å². The number of aliphatic hydroxyl groups excluding tert-OH is 2. The number of allylic oxidation sites excluding steroid dienone is 5. The van der Waals surface area contributed by atoms with Crippen LogP contribution < -0.4 is 5.32 Å². The number of hydrogen-bond donors (Lipinski definition) is 3. The second kappa shape index (κ2) is 50.7. The largest absolute Gasteiger partial charge is 0.466 e. The summed E-state index contributed by atoms with van der Waals surface area (Å²) >= 11 is 0. The third-order valence-electron chi connectivity index (χ3n) is 12.2. The molecule has 61 heavy (non-hydrogen) atoms. The molecule has 6 heteroatoms. The van der Waals surface area contributed by atoms with Crippen LogP contribution in [0.15, 0.2) is 36.5 Å². The Morgan fingerprint density at radius 1 is 0.459 bits per heavy atom. The molecule has 0 aromatic carbocycles. The van der Waals surface area contributed by atoms with E-state index < -0.39 is 12.1 Å². The normalized spacial score (nSPS) is 12.9. The molecule has 6 nitrogen and oxygen atoms in total. The monoisotopic (exact) mass is 858 g/mol. The van der Waals surface area contributed by atoms with Gasteiger partial charge in [0.1, 0.15) is 0 Å². The van der Waals surface area contributed by atoms with Gasteiger partial charge in [-0.2, -0.15) is 0 Å². The SMILES string of the molecule is CCCCCCCCCCCCCCC/C=C/C(O)C(CO)NC(=O)CC/C=C\C/C=C\CCCCCCCCOC(=O)CCCCCCCCCCCCCCCCCC. The van der Waals surface area contributed by atoms with Crippen LogP contribution in [0.2, 0.25) is 0 Å². The molecule has 2 atom stereocenters. The number of ether oxygens (including phenoxy) is 1. The van der Waals surface area contributed by atoms with Crippen LogP contribution in [0.4, 0.5) is 0 Å². The van der Waals surface area contributed by atoms with E-state index in [0.29, 0.717) is 25.9 Å². The average molecular weight is 858 g/mol. The maximum absolute atomic E-state index is 12.4. The summed E-state index contributed by atoms with van der Waals surface area (Å²) in [5.41, 5.74) is 0. The van der Waals surface area contributed by atoms with Crippen LogP contribution in [0, 0.1) is 0 Å². The molecule has 0 heterocycles. The molecule has 358 valence electrons. The molecule has 2 unspecified atom stereocenters. The van der Waals surface area contributed by atoms with Gasteiger partial charge in [0.05, 0.1) is 25.4 Å². The average Bonchev–Trinajstić information content (AvgIpc) is 3.26. The summed E-state index contributed by atoms with van der Waals surface area (Å²) in [5, 5.41) is 23.0. The first-order valence-electron chi connectivity index (χ1n) is 26.8. The molecule has 0 aliphatic carbocycles. The fourth-order valence-corrected chi connectivity index (χ4v) is 8.04. The summed E-state index contributed by atoms with van der Waals surface area (Å²) in [7, 11) is 0. The highest BCUT2D eigenvalue weighted by atomic mass is 16.5. The number of carbonyl (C=O) groups is 2. The molecule has 0 radical (unpaired) electrons. The smallest absolute Gasteiger partial charge is 0.305 e. The number of carbonyl (C=O) groups excluding carboxylic acids is 2. The zero-order chi connectivity index (χ0) is 44.4. The van der Waals surface area contributed by atoms with Crippen molar-refractivity contribution in [2.24, 2.45) is 0 Å². The highest BCUT2D eigenvalue weighted by Crippen LogP contribution is 2.16. The number of unbranched alkanes of at least 4 members (excludes halogenated alkanes) is 34. The zero-order valence-electron chi connectivity index (χ0n) is 40.6.